The van der Waals surface area contributed by atoms with Crippen LogP contribution in [0.15, 0.2) is 64.2 Å². The molecule has 0 fully saturated rings. The Balaban J connectivity index is 1.55. The minimum atomic E-state index is -0.374. The van der Waals surface area contributed by atoms with Crippen LogP contribution < -0.4 is 9.47 Å². The van der Waals surface area contributed by atoms with E-state index in [2.05, 4.69) is 9.97 Å². The second-order valence-corrected chi connectivity index (χ2v) is 8.78. The molecular weight excluding hydrogens is 460 g/mol. The Morgan fingerprint density at radius 3 is 2.64 bits per heavy atom. The third-order valence-electron chi connectivity index (χ3n) is 4.78. The predicted molar refractivity (Wildman–Crippen MR) is 130 cm³/mol. The number of benzene rings is 2. The molecule has 0 saturated carbocycles. The number of hydrogen-bond acceptors (Lipinski definition) is 8. The third-order valence-corrected chi connectivity index (χ3v) is 6.73. The van der Waals surface area contributed by atoms with Crippen LogP contribution in [0.25, 0.3) is 23.4 Å². The second-order valence-electron chi connectivity index (χ2n) is 6.88. The highest BCUT2D eigenvalue weighted by atomic mass is 32.2. The normalized spacial score (nSPS) is 11.1. The average Bonchev–Trinajstić information content (AvgIpc) is 3.47. The fourth-order valence-corrected chi connectivity index (χ4v) is 4.68. The summed E-state index contributed by atoms with van der Waals surface area (Å²) in [5, 5.41) is 15.1. The Kier molecular flexibility index (Phi) is 6.76. The van der Waals surface area contributed by atoms with Gasteiger partial charge in [0.15, 0.2) is 16.7 Å². The maximum absolute atomic E-state index is 11.6. The summed E-state index contributed by atoms with van der Waals surface area (Å²) in [6, 6.07) is 10.8. The Hall–Kier alpha value is -3.63. The molecule has 0 N–H and O–H groups in total. The van der Waals surface area contributed by atoms with E-state index < -0.39 is 0 Å². The number of nitrogens with zero attached hydrogens (tertiary/aromatic N) is 4. The Bertz CT molecular complexity index is 1330. The molecule has 0 unspecified atom stereocenters. The van der Waals surface area contributed by atoms with Gasteiger partial charge < -0.3 is 14.0 Å². The zero-order chi connectivity index (χ0) is 23.4. The Morgan fingerprint density at radius 1 is 1.12 bits per heavy atom. The highest BCUT2D eigenvalue weighted by Gasteiger charge is 2.17. The molecule has 8 nitrogen and oxygen atoms in total. The van der Waals surface area contributed by atoms with Crippen molar-refractivity contribution in [3.05, 3.63) is 74.9 Å². The number of hydrogen-bond donors (Lipinski definition) is 0. The summed E-state index contributed by atoms with van der Waals surface area (Å²) in [6.45, 7) is 0. The molecule has 0 aliphatic carbocycles. The molecule has 0 atom stereocenters. The zero-order valence-corrected chi connectivity index (χ0v) is 19.7. The summed E-state index contributed by atoms with van der Waals surface area (Å²) >= 11 is 2.75. The molecule has 0 aliphatic heterocycles. The van der Waals surface area contributed by atoms with Crippen molar-refractivity contribution in [2.45, 2.75) is 10.1 Å². The molecule has 168 valence electrons. The number of rotatable bonds is 8. The first-order chi connectivity index (χ1) is 16.0. The molecule has 0 saturated heterocycles. The van der Waals surface area contributed by atoms with Crippen molar-refractivity contribution in [3.8, 4) is 22.8 Å². The van der Waals surface area contributed by atoms with Crippen LogP contribution in [-0.4, -0.2) is 33.7 Å². The fourth-order valence-electron chi connectivity index (χ4n) is 3.08. The van der Waals surface area contributed by atoms with Gasteiger partial charge in [-0.3, -0.25) is 10.1 Å². The smallest absolute Gasteiger partial charge is 0.283 e. The summed E-state index contributed by atoms with van der Waals surface area (Å²) in [5.74, 6) is 1.29. The maximum atomic E-state index is 11.6. The molecular formula is C23H20N4O4S2. The van der Waals surface area contributed by atoms with Crippen LogP contribution in [0.5, 0.6) is 11.5 Å². The van der Waals surface area contributed by atoms with Crippen LogP contribution in [0.4, 0.5) is 5.69 Å². The molecule has 33 heavy (non-hydrogen) atoms. The topological polar surface area (TPSA) is 92.3 Å². The molecule has 4 aromatic rings. The molecule has 10 heteroatoms. The lowest BCUT2D eigenvalue weighted by molar-refractivity contribution is -0.387. The van der Waals surface area contributed by atoms with Gasteiger partial charge in [-0.25, -0.2) is 9.97 Å². The minimum absolute atomic E-state index is 0.0373. The molecule has 2 aromatic heterocycles. The van der Waals surface area contributed by atoms with Crippen molar-refractivity contribution in [3.63, 3.8) is 0 Å². The van der Waals surface area contributed by atoms with Crippen LogP contribution in [0, 0.1) is 10.1 Å². The van der Waals surface area contributed by atoms with Crippen LogP contribution in [0.1, 0.15) is 10.6 Å². The highest BCUT2D eigenvalue weighted by molar-refractivity contribution is 7.99. The molecule has 4 rings (SSSR count). The van der Waals surface area contributed by atoms with Gasteiger partial charge in [-0.2, -0.15) is 0 Å². The van der Waals surface area contributed by atoms with Gasteiger partial charge in [-0.1, -0.05) is 12.1 Å². The molecule has 0 radical (unpaired) electrons. The standard InChI is InChI=1S/C23H20N4O4S2/c1-26-11-10-24-23(26)33-21-8-4-15(12-18(21)27(28)29)5-9-22-25-17(14-32-22)16-6-7-19(30-2)20(13-16)31-3/h4-14H,1-3H3/b9-5-. The van der Waals surface area contributed by atoms with Crippen molar-refractivity contribution in [1.29, 1.82) is 0 Å². The van der Waals surface area contributed by atoms with E-state index >= 15 is 0 Å². The summed E-state index contributed by atoms with van der Waals surface area (Å²) in [5.41, 5.74) is 2.48. The van der Waals surface area contributed by atoms with Crippen molar-refractivity contribution in [2.75, 3.05) is 14.2 Å². The molecule has 0 aliphatic rings. The van der Waals surface area contributed by atoms with Crippen LogP contribution >= 0.6 is 23.1 Å². The minimum Gasteiger partial charge on any atom is -0.493 e. The molecule has 0 spiro atoms. The summed E-state index contributed by atoms with van der Waals surface area (Å²) < 4.78 is 12.5. The van der Waals surface area contributed by atoms with Crippen molar-refractivity contribution >= 4 is 40.9 Å². The van der Waals surface area contributed by atoms with Gasteiger partial charge in [-0.05, 0) is 47.7 Å². The van der Waals surface area contributed by atoms with Crippen molar-refractivity contribution < 1.29 is 14.4 Å². The zero-order valence-electron chi connectivity index (χ0n) is 18.1. The van der Waals surface area contributed by atoms with Crippen molar-refractivity contribution in [1.82, 2.24) is 14.5 Å². The van der Waals surface area contributed by atoms with Gasteiger partial charge in [-0.15, -0.1) is 11.3 Å². The van der Waals surface area contributed by atoms with E-state index in [0.717, 1.165) is 16.3 Å². The van der Waals surface area contributed by atoms with Crippen LogP contribution in [0.3, 0.4) is 0 Å². The summed E-state index contributed by atoms with van der Waals surface area (Å²) in [7, 11) is 5.04. The molecule has 2 heterocycles. The first-order valence-electron chi connectivity index (χ1n) is 9.78. The van der Waals surface area contributed by atoms with E-state index in [1.165, 1.54) is 23.1 Å². The quantitative estimate of drug-likeness (QED) is 0.233. The number of nitro benzene ring substituents is 1. The Labute approximate surface area is 198 Å². The van der Waals surface area contributed by atoms with Crippen LogP contribution in [-0.2, 0) is 7.05 Å². The van der Waals surface area contributed by atoms with Gasteiger partial charge in [0, 0.05) is 36.5 Å². The largest absolute Gasteiger partial charge is 0.493 e. The number of imidazole rings is 1. The van der Waals surface area contributed by atoms with E-state index in [-0.39, 0.29) is 10.6 Å². The number of aromatic nitrogens is 3. The first kappa shape index (κ1) is 22.6. The lowest BCUT2D eigenvalue weighted by Crippen LogP contribution is -1.94. The van der Waals surface area contributed by atoms with E-state index in [1.807, 2.05) is 53.4 Å². The van der Waals surface area contributed by atoms with E-state index in [4.69, 9.17) is 9.47 Å². The number of ether oxygens (including phenoxy) is 2. The predicted octanol–water partition coefficient (Wildman–Crippen LogP) is 5.79. The number of thiazole rings is 1. The maximum Gasteiger partial charge on any atom is 0.283 e. The van der Waals surface area contributed by atoms with Gasteiger partial charge in [0.25, 0.3) is 5.69 Å². The van der Waals surface area contributed by atoms with Gasteiger partial charge >= 0.3 is 0 Å². The van der Waals surface area contributed by atoms with Gasteiger partial charge in [0.2, 0.25) is 0 Å². The van der Waals surface area contributed by atoms with Gasteiger partial charge in [0.05, 0.1) is 29.7 Å². The second kappa shape index (κ2) is 9.88. The SMILES string of the molecule is COc1ccc(-c2csc(/C=C\c3ccc(Sc4nccn4C)c([N+](=O)[O-])c3)n2)cc1OC. The number of methoxy groups -OCH3 is 2. The molecule has 0 amide bonds. The van der Waals surface area contributed by atoms with Crippen molar-refractivity contribution in [2.24, 2.45) is 7.05 Å². The number of nitro groups is 1. The first-order valence-corrected chi connectivity index (χ1v) is 11.5. The lowest BCUT2D eigenvalue weighted by Gasteiger charge is -2.08. The molecule has 2 aromatic carbocycles. The molecule has 0 bridgehead atoms. The van der Waals surface area contributed by atoms with Gasteiger partial charge in [0.1, 0.15) is 5.01 Å². The monoisotopic (exact) mass is 480 g/mol. The van der Waals surface area contributed by atoms with E-state index in [9.17, 15) is 10.1 Å². The number of aryl methyl sites for hydroxylation is 1. The van der Waals surface area contributed by atoms with E-state index in [0.29, 0.717) is 27.1 Å². The third kappa shape index (κ3) is 5.07. The summed E-state index contributed by atoms with van der Waals surface area (Å²) in [4.78, 5) is 20.7. The highest BCUT2D eigenvalue weighted by Crippen LogP contribution is 2.35. The van der Waals surface area contributed by atoms with E-state index in [1.54, 1.807) is 38.7 Å². The Morgan fingerprint density at radius 2 is 1.94 bits per heavy atom. The average molecular weight is 481 g/mol. The summed E-state index contributed by atoms with van der Waals surface area (Å²) in [6.07, 6.45) is 7.13. The lowest BCUT2D eigenvalue weighted by atomic mass is 10.1. The van der Waals surface area contributed by atoms with Crippen LogP contribution in [0.2, 0.25) is 0 Å². The fraction of sp³-hybridized carbons (Fsp3) is 0.130.